The molecule has 1 amide bonds. The number of ether oxygens (including phenoxy) is 2. The van der Waals surface area contributed by atoms with Gasteiger partial charge in [0.15, 0.2) is 0 Å². The highest BCUT2D eigenvalue weighted by molar-refractivity contribution is 6.46. The van der Waals surface area contributed by atoms with E-state index >= 15 is 0 Å². The van der Waals surface area contributed by atoms with Crippen LogP contribution in [0.3, 0.4) is 0 Å². The van der Waals surface area contributed by atoms with E-state index in [1.807, 2.05) is 13.8 Å². The van der Waals surface area contributed by atoms with Gasteiger partial charge in [-0.2, -0.15) is 0 Å². The van der Waals surface area contributed by atoms with E-state index in [1.54, 1.807) is 73.1 Å². The highest BCUT2D eigenvalue weighted by Crippen LogP contribution is 2.40. The Bertz CT molecular complexity index is 1300. The Balaban J connectivity index is 1.80. The highest BCUT2D eigenvalue weighted by Gasteiger charge is 2.46. The quantitative estimate of drug-likeness (QED) is 0.230. The molecule has 1 atom stereocenters. The van der Waals surface area contributed by atoms with E-state index in [-0.39, 0.29) is 24.0 Å². The van der Waals surface area contributed by atoms with Gasteiger partial charge in [0, 0.05) is 24.5 Å². The van der Waals surface area contributed by atoms with Crippen LogP contribution in [0, 0.1) is 0 Å². The maximum Gasteiger partial charge on any atom is 0.337 e. The Morgan fingerprint density at radius 1 is 1.03 bits per heavy atom. The van der Waals surface area contributed by atoms with Crippen LogP contribution >= 0.6 is 0 Å². The molecule has 1 aromatic heterocycles. The number of methoxy groups -OCH3 is 1. The Morgan fingerprint density at radius 3 is 2.28 bits per heavy atom. The summed E-state index contributed by atoms with van der Waals surface area (Å²) in [7, 11) is 1.29. The zero-order valence-corrected chi connectivity index (χ0v) is 20.2. The van der Waals surface area contributed by atoms with Gasteiger partial charge < -0.3 is 19.5 Å². The van der Waals surface area contributed by atoms with Gasteiger partial charge in [-0.15, -0.1) is 0 Å². The summed E-state index contributed by atoms with van der Waals surface area (Å²) in [6, 6.07) is 15.7. The third kappa shape index (κ3) is 4.98. The molecule has 0 aliphatic carbocycles. The SMILES string of the molecule is COC(=O)c1ccc(C2C(=C(O)c3ccc(OC(C)C)cc3)C(=O)C(=O)N2Cc2cccnc2)cc1. The average molecular weight is 487 g/mol. The first-order valence-electron chi connectivity index (χ1n) is 11.4. The van der Waals surface area contributed by atoms with E-state index in [9.17, 15) is 19.5 Å². The number of benzene rings is 2. The van der Waals surface area contributed by atoms with Crippen LogP contribution in [0.4, 0.5) is 0 Å². The molecule has 2 heterocycles. The minimum Gasteiger partial charge on any atom is -0.507 e. The first-order valence-corrected chi connectivity index (χ1v) is 11.4. The molecule has 4 rings (SSSR count). The van der Waals surface area contributed by atoms with Crippen molar-refractivity contribution >= 4 is 23.4 Å². The number of hydrogen-bond donors (Lipinski definition) is 1. The molecule has 1 aliphatic heterocycles. The first-order chi connectivity index (χ1) is 17.3. The number of hydrogen-bond acceptors (Lipinski definition) is 7. The largest absolute Gasteiger partial charge is 0.507 e. The second-order valence-corrected chi connectivity index (χ2v) is 8.59. The first kappa shape index (κ1) is 24.7. The van der Waals surface area contributed by atoms with Crippen LogP contribution in [-0.4, -0.2) is 45.9 Å². The van der Waals surface area contributed by atoms with Crippen molar-refractivity contribution in [2.24, 2.45) is 0 Å². The van der Waals surface area contributed by atoms with Crippen molar-refractivity contribution in [1.29, 1.82) is 0 Å². The van der Waals surface area contributed by atoms with Crippen LogP contribution in [0.2, 0.25) is 0 Å². The molecule has 8 heteroatoms. The van der Waals surface area contributed by atoms with E-state index in [4.69, 9.17) is 9.47 Å². The van der Waals surface area contributed by atoms with Crippen molar-refractivity contribution in [3.8, 4) is 5.75 Å². The normalized spacial score (nSPS) is 16.9. The van der Waals surface area contributed by atoms with Crippen LogP contribution in [0.25, 0.3) is 5.76 Å². The summed E-state index contributed by atoms with van der Waals surface area (Å²) in [5, 5.41) is 11.2. The molecule has 184 valence electrons. The second-order valence-electron chi connectivity index (χ2n) is 8.59. The molecule has 0 radical (unpaired) electrons. The van der Waals surface area contributed by atoms with Crippen molar-refractivity contribution < 1.29 is 29.0 Å². The molecular weight excluding hydrogens is 460 g/mol. The molecule has 1 saturated heterocycles. The summed E-state index contributed by atoms with van der Waals surface area (Å²) in [5.74, 6) is -1.70. The Morgan fingerprint density at radius 2 is 1.69 bits per heavy atom. The van der Waals surface area contributed by atoms with Crippen molar-refractivity contribution in [3.05, 3.63) is 101 Å². The number of ketones is 1. The molecule has 1 aliphatic rings. The van der Waals surface area contributed by atoms with Crippen LogP contribution in [0.5, 0.6) is 5.75 Å². The van der Waals surface area contributed by atoms with Gasteiger partial charge in [-0.1, -0.05) is 18.2 Å². The standard InChI is InChI=1S/C28H26N2O6/c1-17(2)36-22-12-10-20(11-13-22)25(31)23-24(19-6-8-21(9-7-19)28(34)35-3)30(27(33)26(23)32)16-18-5-4-14-29-15-18/h4-15,17,24,31H,16H2,1-3H3. The van der Waals surface area contributed by atoms with E-state index in [0.717, 1.165) is 5.56 Å². The lowest BCUT2D eigenvalue weighted by atomic mass is 9.94. The Labute approximate surface area is 208 Å². The second kappa shape index (κ2) is 10.4. The van der Waals surface area contributed by atoms with Crippen molar-refractivity contribution in [3.63, 3.8) is 0 Å². The van der Waals surface area contributed by atoms with Crippen molar-refractivity contribution in [2.45, 2.75) is 32.5 Å². The summed E-state index contributed by atoms with van der Waals surface area (Å²) >= 11 is 0. The molecular formula is C28H26N2O6. The highest BCUT2D eigenvalue weighted by atomic mass is 16.5. The third-order valence-corrected chi connectivity index (χ3v) is 5.76. The molecule has 8 nitrogen and oxygen atoms in total. The molecule has 1 unspecified atom stereocenters. The fourth-order valence-electron chi connectivity index (χ4n) is 4.12. The summed E-state index contributed by atoms with van der Waals surface area (Å²) < 4.78 is 10.4. The van der Waals surface area contributed by atoms with E-state index in [2.05, 4.69) is 4.98 Å². The van der Waals surface area contributed by atoms with E-state index < -0.39 is 23.7 Å². The van der Waals surface area contributed by atoms with Crippen molar-refractivity contribution in [2.75, 3.05) is 7.11 Å². The zero-order valence-electron chi connectivity index (χ0n) is 20.2. The lowest BCUT2D eigenvalue weighted by Gasteiger charge is -2.25. The summed E-state index contributed by atoms with van der Waals surface area (Å²) in [6.45, 7) is 3.92. The minimum absolute atomic E-state index is 0.0183. The summed E-state index contributed by atoms with van der Waals surface area (Å²) in [6.07, 6.45) is 3.22. The number of carbonyl (C=O) groups is 3. The molecule has 2 aromatic carbocycles. The third-order valence-electron chi connectivity index (χ3n) is 5.76. The number of aliphatic hydroxyl groups is 1. The number of aliphatic hydroxyl groups excluding tert-OH is 1. The molecule has 1 N–H and O–H groups in total. The maximum absolute atomic E-state index is 13.2. The summed E-state index contributed by atoms with van der Waals surface area (Å²) in [5.41, 5.74) is 1.96. The van der Waals surface area contributed by atoms with Gasteiger partial charge in [0.25, 0.3) is 11.7 Å². The molecule has 0 saturated carbocycles. The van der Waals surface area contributed by atoms with Gasteiger partial charge in [-0.05, 0) is 67.4 Å². The predicted octanol–water partition coefficient (Wildman–Crippen LogP) is 4.28. The molecule has 0 spiro atoms. The number of nitrogens with zero attached hydrogens (tertiary/aromatic N) is 2. The van der Waals surface area contributed by atoms with Gasteiger partial charge in [-0.25, -0.2) is 4.79 Å². The van der Waals surface area contributed by atoms with Crippen LogP contribution < -0.4 is 4.74 Å². The Kier molecular flexibility index (Phi) is 7.15. The average Bonchev–Trinajstić information content (AvgIpc) is 3.13. The van der Waals surface area contributed by atoms with Crippen LogP contribution in [-0.2, 0) is 20.9 Å². The topological polar surface area (TPSA) is 106 Å². The molecule has 0 bridgehead atoms. The number of esters is 1. The fraction of sp³-hybridized carbons (Fsp3) is 0.214. The molecule has 3 aromatic rings. The van der Waals surface area contributed by atoms with Gasteiger partial charge in [0.05, 0.1) is 30.4 Å². The lowest BCUT2D eigenvalue weighted by Crippen LogP contribution is -2.29. The number of Topliss-reactive ketones (excluding diaryl/α,β-unsaturated/α-hetero) is 1. The summed E-state index contributed by atoms with van der Waals surface area (Å²) in [4.78, 5) is 43.8. The maximum atomic E-state index is 13.2. The number of aromatic nitrogens is 1. The predicted molar refractivity (Wildman–Crippen MR) is 132 cm³/mol. The van der Waals surface area contributed by atoms with Gasteiger partial charge >= 0.3 is 5.97 Å². The molecule has 36 heavy (non-hydrogen) atoms. The minimum atomic E-state index is -0.872. The van der Waals surface area contributed by atoms with Crippen LogP contribution in [0.1, 0.15) is 46.9 Å². The zero-order chi connectivity index (χ0) is 25.8. The lowest BCUT2D eigenvalue weighted by molar-refractivity contribution is -0.140. The van der Waals surface area contributed by atoms with Crippen LogP contribution in [0.15, 0.2) is 78.6 Å². The Hall–Kier alpha value is -4.46. The number of rotatable bonds is 7. The number of carbonyl (C=O) groups excluding carboxylic acids is 3. The van der Waals surface area contributed by atoms with Crippen molar-refractivity contribution in [1.82, 2.24) is 9.88 Å². The number of pyridine rings is 1. The van der Waals surface area contributed by atoms with Gasteiger partial charge in [-0.3, -0.25) is 14.6 Å². The number of likely N-dealkylation sites (tertiary alicyclic amines) is 1. The van der Waals surface area contributed by atoms with Gasteiger partial charge in [0.1, 0.15) is 11.5 Å². The van der Waals surface area contributed by atoms with E-state index in [1.165, 1.54) is 12.0 Å². The molecule has 1 fully saturated rings. The van der Waals surface area contributed by atoms with E-state index in [0.29, 0.717) is 22.4 Å². The van der Waals surface area contributed by atoms with Gasteiger partial charge in [0.2, 0.25) is 0 Å². The monoisotopic (exact) mass is 486 g/mol. The smallest absolute Gasteiger partial charge is 0.337 e. The fourth-order valence-corrected chi connectivity index (χ4v) is 4.12. The number of amides is 1.